The Balaban J connectivity index is 2.18. The molecule has 0 saturated carbocycles. The SMILES string of the molecule is CCOC(=O)c1cc(C(=O)OCC(=O)Nc2cc(C(=O)OC)cc(C(=O)OC)c2)cc([N+](=O)[O-])c1. The fourth-order valence-corrected chi connectivity index (χ4v) is 2.75. The maximum atomic E-state index is 12.4. The first kappa shape index (κ1) is 26.4. The van der Waals surface area contributed by atoms with Gasteiger partial charge in [-0.15, -0.1) is 0 Å². The highest BCUT2D eigenvalue weighted by molar-refractivity contribution is 6.01. The van der Waals surface area contributed by atoms with E-state index in [4.69, 9.17) is 9.47 Å². The molecule has 1 N–H and O–H groups in total. The minimum atomic E-state index is -1.12. The number of esters is 4. The van der Waals surface area contributed by atoms with E-state index < -0.39 is 47.0 Å². The lowest BCUT2D eigenvalue weighted by Gasteiger charge is -2.10. The standard InChI is InChI=1S/C22H20N2O11/c1-4-34-21(28)14-6-15(10-17(9-14)24(30)31)22(29)35-11-18(25)23-16-7-12(19(26)32-2)5-13(8-16)20(27)33-3/h5-10H,4,11H2,1-3H3,(H,23,25). The van der Waals surface area contributed by atoms with E-state index in [9.17, 15) is 34.1 Å². The molecule has 0 aliphatic rings. The molecule has 2 aromatic rings. The van der Waals surface area contributed by atoms with Crippen LogP contribution in [0.1, 0.15) is 48.4 Å². The molecule has 0 radical (unpaired) electrons. The van der Waals surface area contributed by atoms with Gasteiger partial charge in [0.15, 0.2) is 6.61 Å². The number of methoxy groups -OCH3 is 2. The lowest BCUT2D eigenvalue weighted by Crippen LogP contribution is -2.21. The minimum Gasteiger partial charge on any atom is -0.465 e. The number of carbonyl (C=O) groups is 5. The molecule has 35 heavy (non-hydrogen) atoms. The molecule has 0 saturated heterocycles. The number of nitro benzene ring substituents is 1. The van der Waals surface area contributed by atoms with Gasteiger partial charge in [-0.2, -0.15) is 0 Å². The number of nitrogens with one attached hydrogen (secondary N) is 1. The topological polar surface area (TPSA) is 177 Å². The quantitative estimate of drug-likeness (QED) is 0.237. The number of nitrogens with zero attached hydrogens (tertiary/aromatic N) is 1. The molecule has 184 valence electrons. The van der Waals surface area contributed by atoms with Gasteiger partial charge in [-0.3, -0.25) is 14.9 Å². The summed E-state index contributed by atoms with van der Waals surface area (Å²) in [5.41, 5.74) is -1.24. The number of rotatable bonds is 9. The molecule has 0 atom stereocenters. The third-order valence-electron chi connectivity index (χ3n) is 4.27. The first-order chi connectivity index (χ1) is 16.6. The van der Waals surface area contributed by atoms with Gasteiger partial charge in [0.05, 0.1) is 48.0 Å². The van der Waals surface area contributed by atoms with E-state index in [2.05, 4.69) is 14.8 Å². The van der Waals surface area contributed by atoms with Crippen LogP contribution in [0.5, 0.6) is 0 Å². The summed E-state index contributed by atoms with van der Waals surface area (Å²) in [6, 6.07) is 6.51. The molecule has 0 aliphatic heterocycles. The van der Waals surface area contributed by atoms with Crippen LogP contribution >= 0.6 is 0 Å². The molecule has 0 aliphatic carbocycles. The Bertz CT molecular complexity index is 1160. The van der Waals surface area contributed by atoms with Crippen LogP contribution in [0, 0.1) is 10.1 Å². The van der Waals surface area contributed by atoms with E-state index >= 15 is 0 Å². The van der Waals surface area contributed by atoms with Gasteiger partial charge < -0.3 is 24.3 Å². The Morgan fingerprint density at radius 1 is 0.771 bits per heavy atom. The second kappa shape index (κ2) is 11.9. The van der Waals surface area contributed by atoms with Gasteiger partial charge in [0.25, 0.3) is 11.6 Å². The van der Waals surface area contributed by atoms with Crippen LogP contribution in [0.15, 0.2) is 36.4 Å². The fourth-order valence-electron chi connectivity index (χ4n) is 2.75. The van der Waals surface area contributed by atoms with Crippen LogP contribution < -0.4 is 5.32 Å². The monoisotopic (exact) mass is 488 g/mol. The highest BCUT2D eigenvalue weighted by Crippen LogP contribution is 2.20. The summed E-state index contributed by atoms with van der Waals surface area (Å²) < 4.78 is 18.9. The van der Waals surface area contributed by atoms with Gasteiger partial charge in [-0.1, -0.05) is 0 Å². The second-order valence-corrected chi connectivity index (χ2v) is 6.65. The van der Waals surface area contributed by atoms with Crippen LogP contribution in [0.2, 0.25) is 0 Å². The number of non-ortho nitro benzene ring substituents is 1. The maximum Gasteiger partial charge on any atom is 0.338 e. The molecule has 13 nitrogen and oxygen atoms in total. The van der Waals surface area contributed by atoms with Crippen molar-refractivity contribution in [2.24, 2.45) is 0 Å². The average Bonchev–Trinajstić information content (AvgIpc) is 2.85. The third-order valence-corrected chi connectivity index (χ3v) is 4.27. The van der Waals surface area contributed by atoms with Crippen LogP contribution in [-0.4, -0.2) is 62.1 Å². The van der Waals surface area contributed by atoms with Gasteiger partial charge in [0, 0.05) is 17.8 Å². The van der Waals surface area contributed by atoms with E-state index in [1.807, 2.05) is 0 Å². The summed E-state index contributed by atoms with van der Waals surface area (Å²) in [7, 11) is 2.26. The van der Waals surface area contributed by atoms with Crippen LogP contribution in [0.4, 0.5) is 11.4 Å². The first-order valence-corrected chi connectivity index (χ1v) is 9.84. The first-order valence-electron chi connectivity index (χ1n) is 9.84. The molecular weight excluding hydrogens is 468 g/mol. The van der Waals surface area contributed by atoms with Gasteiger partial charge in [0.2, 0.25) is 0 Å². The zero-order chi connectivity index (χ0) is 26.1. The molecular formula is C22H20N2O11. The van der Waals surface area contributed by atoms with E-state index in [1.54, 1.807) is 0 Å². The molecule has 0 heterocycles. The summed E-state index contributed by atoms with van der Waals surface area (Å²) in [5.74, 6) is -4.41. The summed E-state index contributed by atoms with van der Waals surface area (Å²) >= 11 is 0. The summed E-state index contributed by atoms with van der Waals surface area (Å²) in [4.78, 5) is 70.6. The van der Waals surface area contributed by atoms with E-state index in [-0.39, 0.29) is 34.5 Å². The molecule has 1 amide bonds. The Morgan fingerprint density at radius 3 is 1.66 bits per heavy atom. The zero-order valence-electron chi connectivity index (χ0n) is 18.8. The number of hydrogen-bond donors (Lipinski definition) is 1. The summed E-state index contributed by atoms with van der Waals surface area (Å²) in [6.07, 6.45) is 0. The van der Waals surface area contributed by atoms with E-state index in [0.717, 1.165) is 32.4 Å². The lowest BCUT2D eigenvalue weighted by molar-refractivity contribution is -0.384. The number of anilines is 1. The molecule has 2 rings (SSSR count). The van der Waals surface area contributed by atoms with Crippen molar-refractivity contribution in [3.63, 3.8) is 0 Å². The third kappa shape index (κ3) is 7.08. The van der Waals surface area contributed by atoms with Crippen molar-refractivity contribution in [2.75, 3.05) is 32.8 Å². The van der Waals surface area contributed by atoms with Gasteiger partial charge in [0.1, 0.15) is 0 Å². The van der Waals surface area contributed by atoms with Crippen LogP contribution in [0.3, 0.4) is 0 Å². The van der Waals surface area contributed by atoms with E-state index in [0.29, 0.717) is 0 Å². The van der Waals surface area contributed by atoms with Crippen molar-refractivity contribution >= 4 is 41.2 Å². The van der Waals surface area contributed by atoms with Gasteiger partial charge in [-0.25, -0.2) is 19.2 Å². The number of carbonyl (C=O) groups excluding carboxylic acids is 5. The Hall–Kier alpha value is -4.81. The molecule has 0 fully saturated rings. The minimum absolute atomic E-state index is 0.00861. The maximum absolute atomic E-state index is 12.4. The second-order valence-electron chi connectivity index (χ2n) is 6.65. The van der Waals surface area contributed by atoms with Crippen molar-refractivity contribution < 1.29 is 47.8 Å². The number of benzene rings is 2. The number of hydrogen-bond acceptors (Lipinski definition) is 11. The van der Waals surface area contributed by atoms with Crippen molar-refractivity contribution in [1.29, 1.82) is 0 Å². The molecule has 13 heteroatoms. The molecule has 0 bridgehead atoms. The summed E-state index contributed by atoms with van der Waals surface area (Å²) in [5, 5.41) is 13.5. The number of ether oxygens (including phenoxy) is 4. The van der Waals surface area contributed by atoms with Crippen molar-refractivity contribution in [3.8, 4) is 0 Å². The molecule has 0 unspecified atom stereocenters. The highest BCUT2D eigenvalue weighted by atomic mass is 16.6. The van der Waals surface area contributed by atoms with Crippen molar-refractivity contribution in [2.45, 2.75) is 6.92 Å². The van der Waals surface area contributed by atoms with Crippen molar-refractivity contribution in [1.82, 2.24) is 0 Å². The molecule has 0 aromatic heterocycles. The Morgan fingerprint density at radius 2 is 1.23 bits per heavy atom. The Kier molecular flexibility index (Phi) is 8.97. The predicted molar refractivity (Wildman–Crippen MR) is 117 cm³/mol. The van der Waals surface area contributed by atoms with Crippen LogP contribution in [0.25, 0.3) is 0 Å². The molecule has 0 spiro atoms. The molecule has 2 aromatic carbocycles. The van der Waals surface area contributed by atoms with Gasteiger partial charge in [-0.05, 0) is 31.2 Å². The Labute approximate surface area is 198 Å². The fraction of sp³-hybridized carbons (Fsp3) is 0.227. The predicted octanol–water partition coefficient (Wildman–Crippen LogP) is 2.14. The van der Waals surface area contributed by atoms with E-state index in [1.165, 1.54) is 25.1 Å². The number of amides is 1. The summed E-state index contributed by atoms with van der Waals surface area (Å²) in [6.45, 7) is 0.723. The zero-order valence-corrected chi connectivity index (χ0v) is 18.8. The normalized spacial score (nSPS) is 10.0. The van der Waals surface area contributed by atoms with Crippen LogP contribution in [-0.2, 0) is 23.7 Å². The van der Waals surface area contributed by atoms with Gasteiger partial charge >= 0.3 is 23.9 Å². The largest absolute Gasteiger partial charge is 0.465 e. The average molecular weight is 488 g/mol. The highest BCUT2D eigenvalue weighted by Gasteiger charge is 2.21. The number of nitro groups is 1. The smallest absolute Gasteiger partial charge is 0.338 e. The lowest BCUT2D eigenvalue weighted by atomic mass is 10.1. The van der Waals surface area contributed by atoms with Crippen molar-refractivity contribution in [3.05, 3.63) is 68.8 Å².